The Hall–Kier alpha value is -0.200. The number of hydrogen-bond acceptors (Lipinski definition) is 5. The van der Waals surface area contributed by atoms with Gasteiger partial charge < -0.3 is 20.7 Å². The first-order valence-corrected chi connectivity index (χ1v) is 8.71. The smallest absolute Gasteiger partial charge is 0.0576 e. The monoisotopic (exact) mass is 330 g/mol. The van der Waals surface area contributed by atoms with Crippen molar-refractivity contribution in [2.24, 2.45) is 0 Å². The molecule has 0 unspecified atom stereocenters. The van der Waals surface area contributed by atoms with E-state index in [-0.39, 0.29) is 34.4 Å². The zero-order chi connectivity index (χ0) is 18.3. The van der Waals surface area contributed by atoms with Crippen LogP contribution in [-0.4, -0.2) is 54.8 Å². The molecule has 0 aromatic rings. The van der Waals surface area contributed by atoms with Gasteiger partial charge in [-0.05, 0) is 81.1 Å². The molecule has 0 aromatic heterocycles. The van der Waals surface area contributed by atoms with Crippen LogP contribution in [0.15, 0.2) is 0 Å². The largest absolute Gasteiger partial charge is 0.393 e. The quantitative estimate of drug-likeness (QED) is 0.549. The fourth-order valence-corrected chi connectivity index (χ4v) is 4.49. The van der Waals surface area contributed by atoms with E-state index < -0.39 is 0 Å². The summed E-state index contributed by atoms with van der Waals surface area (Å²) in [5.74, 6) is 0. The molecule has 2 heterocycles. The molecular weight excluding hydrogens is 292 g/mol. The summed E-state index contributed by atoms with van der Waals surface area (Å²) in [6.07, 6.45) is 2.55. The van der Waals surface area contributed by atoms with Crippen molar-refractivity contribution in [3.05, 3.63) is 0 Å². The van der Waals surface area contributed by atoms with Gasteiger partial charge in [0.25, 0.3) is 0 Å². The molecule has 0 bridgehead atoms. The molecule has 2 aliphatic rings. The van der Waals surface area contributed by atoms with Crippen LogP contribution in [-0.2, 0) is 0 Å². The zero-order valence-electron chi connectivity index (χ0n) is 16.3. The summed E-state index contributed by atoms with van der Waals surface area (Å²) < 4.78 is 0. The molecule has 2 rings (SSSR count). The van der Waals surface area contributed by atoms with Crippen LogP contribution in [0, 0.1) is 0 Å². The van der Waals surface area contributed by atoms with Gasteiger partial charge in [0.05, 0.1) is 12.2 Å². The van der Waals surface area contributed by atoms with Gasteiger partial charge in [0.2, 0.25) is 0 Å². The lowest BCUT2D eigenvalue weighted by Gasteiger charge is -2.50. The van der Waals surface area contributed by atoms with Crippen molar-refractivity contribution in [1.29, 1.82) is 0 Å². The molecule has 0 saturated carbocycles. The van der Waals surface area contributed by atoms with Gasteiger partial charge in [0, 0.05) is 22.2 Å². The standard InChI is InChI=1S/C9H19NO2.C9H19NO/c1-8(2)5-7(11)6-9(3,4)10(8)12;1-8(2)5-7(11)6-9(3,4)10-8/h7,11-12H,5-6H2,1-4H3;7,10-11H,5-6H2,1-4H3. The fourth-order valence-electron chi connectivity index (χ4n) is 4.49. The van der Waals surface area contributed by atoms with Crippen molar-refractivity contribution in [1.82, 2.24) is 10.4 Å². The second-order valence-electron chi connectivity index (χ2n) is 9.95. The van der Waals surface area contributed by atoms with Crippen LogP contribution in [0.2, 0.25) is 0 Å². The summed E-state index contributed by atoms with van der Waals surface area (Å²) in [6, 6.07) is 0. The number of hydrogen-bond donors (Lipinski definition) is 4. The second-order valence-corrected chi connectivity index (χ2v) is 9.95. The molecule has 2 fully saturated rings. The summed E-state index contributed by atoms with van der Waals surface area (Å²) in [6.45, 7) is 16.3. The first-order chi connectivity index (χ1) is 10.1. The highest BCUT2D eigenvalue weighted by Crippen LogP contribution is 2.36. The van der Waals surface area contributed by atoms with Gasteiger partial charge in [-0.1, -0.05) is 0 Å². The third-order valence-corrected chi connectivity index (χ3v) is 4.79. The predicted molar refractivity (Wildman–Crippen MR) is 93.6 cm³/mol. The van der Waals surface area contributed by atoms with Crippen molar-refractivity contribution < 1.29 is 15.4 Å². The van der Waals surface area contributed by atoms with E-state index in [4.69, 9.17) is 0 Å². The van der Waals surface area contributed by atoms with E-state index in [1.165, 1.54) is 5.06 Å². The highest BCUT2D eigenvalue weighted by molar-refractivity contribution is 4.97. The van der Waals surface area contributed by atoms with Gasteiger partial charge in [-0.15, -0.1) is 0 Å². The van der Waals surface area contributed by atoms with Gasteiger partial charge in [-0.25, -0.2) is 0 Å². The first-order valence-electron chi connectivity index (χ1n) is 8.71. The van der Waals surface area contributed by atoms with Crippen LogP contribution in [0.1, 0.15) is 81.1 Å². The minimum atomic E-state index is -0.318. The van der Waals surface area contributed by atoms with E-state index >= 15 is 0 Å². The third-order valence-electron chi connectivity index (χ3n) is 4.79. The van der Waals surface area contributed by atoms with E-state index in [0.717, 1.165) is 12.8 Å². The van der Waals surface area contributed by atoms with Crippen LogP contribution in [0.5, 0.6) is 0 Å². The van der Waals surface area contributed by atoms with Crippen LogP contribution in [0.4, 0.5) is 0 Å². The van der Waals surface area contributed by atoms with Crippen molar-refractivity contribution in [3.63, 3.8) is 0 Å². The van der Waals surface area contributed by atoms with Crippen LogP contribution in [0.3, 0.4) is 0 Å². The number of aliphatic hydroxyl groups excluding tert-OH is 2. The van der Waals surface area contributed by atoms with Crippen molar-refractivity contribution in [2.75, 3.05) is 0 Å². The van der Waals surface area contributed by atoms with Gasteiger partial charge >= 0.3 is 0 Å². The topological polar surface area (TPSA) is 76.0 Å². The van der Waals surface area contributed by atoms with Crippen LogP contribution in [0.25, 0.3) is 0 Å². The maximum Gasteiger partial charge on any atom is 0.0576 e. The number of aliphatic hydroxyl groups is 2. The molecular formula is C18H38N2O3. The normalized spacial score (nSPS) is 30.4. The van der Waals surface area contributed by atoms with Gasteiger partial charge in [0.1, 0.15) is 0 Å². The number of piperidine rings is 2. The Kier molecular flexibility index (Phi) is 5.98. The SMILES string of the molecule is CC1(C)CC(O)CC(C)(C)N1.CC1(C)CC(O)CC(C)(C)N1O. The number of nitrogens with one attached hydrogen (secondary N) is 1. The molecule has 5 heteroatoms. The molecule has 0 spiro atoms. The molecule has 23 heavy (non-hydrogen) atoms. The number of rotatable bonds is 0. The number of nitrogens with zero attached hydrogens (tertiary/aromatic N) is 1. The molecule has 4 N–H and O–H groups in total. The molecule has 2 aliphatic heterocycles. The van der Waals surface area contributed by atoms with E-state index in [0.29, 0.717) is 12.8 Å². The van der Waals surface area contributed by atoms with Crippen LogP contribution < -0.4 is 5.32 Å². The Morgan fingerprint density at radius 1 is 0.696 bits per heavy atom. The van der Waals surface area contributed by atoms with E-state index in [1.807, 2.05) is 27.7 Å². The van der Waals surface area contributed by atoms with E-state index in [2.05, 4.69) is 33.0 Å². The van der Waals surface area contributed by atoms with Gasteiger partial charge in [-0.2, -0.15) is 5.06 Å². The average Bonchev–Trinajstić information content (AvgIpc) is 2.19. The maximum absolute atomic E-state index is 9.80. The average molecular weight is 331 g/mol. The van der Waals surface area contributed by atoms with E-state index in [1.54, 1.807) is 0 Å². The Balaban J connectivity index is 0.000000231. The number of hydroxylamine groups is 2. The highest BCUT2D eigenvalue weighted by Gasteiger charge is 2.44. The molecule has 0 aromatic carbocycles. The fraction of sp³-hybridized carbons (Fsp3) is 1.00. The minimum absolute atomic E-state index is 0.0845. The molecule has 0 radical (unpaired) electrons. The first kappa shape index (κ1) is 20.8. The molecule has 138 valence electrons. The Labute approximate surface area is 142 Å². The molecule has 0 aliphatic carbocycles. The summed E-state index contributed by atoms with van der Waals surface area (Å²) in [5.41, 5.74) is -0.468. The lowest BCUT2D eigenvalue weighted by atomic mass is 9.80. The minimum Gasteiger partial charge on any atom is -0.393 e. The highest BCUT2D eigenvalue weighted by atomic mass is 16.5. The zero-order valence-corrected chi connectivity index (χ0v) is 16.3. The van der Waals surface area contributed by atoms with E-state index in [9.17, 15) is 15.4 Å². The molecule has 2 saturated heterocycles. The van der Waals surface area contributed by atoms with Crippen molar-refractivity contribution >= 4 is 0 Å². The second kappa shape index (κ2) is 6.60. The molecule has 0 atom stereocenters. The van der Waals surface area contributed by atoms with Crippen molar-refractivity contribution in [2.45, 2.75) is 115 Å². The Morgan fingerprint density at radius 3 is 1.30 bits per heavy atom. The summed E-state index contributed by atoms with van der Waals surface area (Å²) in [7, 11) is 0. The summed E-state index contributed by atoms with van der Waals surface area (Å²) in [4.78, 5) is 0. The molecule has 0 amide bonds. The van der Waals surface area contributed by atoms with Crippen LogP contribution >= 0.6 is 0 Å². The lowest BCUT2D eigenvalue weighted by molar-refractivity contribution is -0.257. The predicted octanol–water partition coefficient (Wildman–Crippen LogP) is 2.68. The third kappa shape index (κ3) is 5.98. The van der Waals surface area contributed by atoms with Crippen molar-refractivity contribution in [3.8, 4) is 0 Å². The Bertz CT molecular complexity index is 371. The Morgan fingerprint density at radius 2 is 1.00 bits per heavy atom. The molecule has 5 nitrogen and oxygen atoms in total. The van der Waals surface area contributed by atoms with Gasteiger partial charge in [-0.3, -0.25) is 0 Å². The lowest BCUT2D eigenvalue weighted by Crippen LogP contribution is -2.60. The summed E-state index contributed by atoms with van der Waals surface area (Å²) in [5, 5.41) is 33.8. The summed E-state index contributed by atoms with van der Waals surface area (Å²) >= 11 is 0. The van der Waals surface area contributed by atoms with Gasteiger partial charge in [0.15, 0.2) is 0 Å². The maximum atomic E-state index is 9.80.